The topological polar surface area (TPSA) is 76.9 Å². The van der Waals surface area contributed by atoms with Gasteiger partial charge in [0.15, 0.2) is 0 Å². The Morgan fingerprint density at radius 2 is 2.05 bits per heavy atom. The number of nitrogens with one attached hydrogen (secondary N) is 1. The van der Waals surface area contributed by atoms with Crippen molar-refractivity contribution in [2.24, 2.45) is 0 Å². The Bertz CT molecular complexity index is 515. The fourth-order valence-corrected chi connectivity index (χ4v) is 2.50. The van der Waals surface area contributed by atoms with E-state index in [0.717, 1.165) is 13.0 Å². The number of benzene rings is 1. The molecule has 2 heterocycles. The van der Waals surface area contributed by atoms with E-state index in [4.69, 9.17) is 9.47 Å². The molecule has 0 radical (unpaired) electrons. The first kappa shape index (κ1) is 13.0. The number of hydrogen-bond donors (Lipinski definition) is 1. The van der Waals surface area contributed by atoms with Gasteiger partial charge in [0.05, 0.1) is 30.4 Å². The molecule has 7 heteroatoms. The van der Waals surface area contributed by atoms with Gasteiger partial charge in [0.1, 0.15) is 11.4 Å². The summed E-state index contributed by atoms with van der Waals surface area (Å²) in [6, 6.07) is 3.35. The number of nitrogens with zero attached hydrogens (tertiary/aromatic N) is 2. The molecule has 2 aliphatic heterocycles. The van der Waals surface area contributed by atoms with Crippen molar-refractivity contribution in [3.63, 3.8) is 0 Å². The molecule has 0 amide bonds. The van der Waals surface area contributed by atoms with Gasteiger partial charge in [-0.3, -0.25) is 10.1 Å². The second-order valence-electron chi connectivity index (χ2n) is 4.82. The van der Waals surface area contributed by atoms with Crippen LogP contribution in [0, 0.1) is 10.1 Å². The number of anilines is 2. The van der Waals surface area contributed by atoms with Gasteiger partial charge in [-0.05, 0) is 6.42 Å². The maximum atomic E-state index is 11.3. The van der Waals surface area contributed by atoms with Crippen molar-refractivity contribution in [3.8, 4) is 5.75 Å². The molecule has 1 fully saturated rings. The number of fused-ring (bicyclic) bond motifs is 1. The quantitative estimate of drug-likeness (QED) is 0.655. The van der Waals surface area contributed by atoms with Crippen molar-refractivity contribution in [3.05, 3.63) is 22.2 Å². The summed E-state index contributed by atoms with van der Waals surface area (Å²) in [5.74, 6) is 0.689. The zero-order valence-corrected chi connectivity index (χ0v) is 11.1. The predicted molar refractivity (Wildman–Crippen MR) is 74.7 cm³/mol. The lowest BCUT2D eigenvalue weighted by Gasteiger charge is -2.29. The molecule has 20 heavy (non-hydrogen) atoms. The van der Waals surface area contributed by atoms with E-state index in [1.54, 1.807) is 12.1 Å². The molecule has 108 valence electrons. The molecule has 0 aliphatic carbocycles. The van der Waals surface area contributed by atoms with Crippen LogP contribution in [0.3, 0.4) is 0 Å². The molecule has 7 nitrogen and oxygen atoms in total. The van der Waals surface area contributed by atoms with Crippen molar-refractivity contribution >= 4 is 17.1 Å². The van der Waals surface area contributed by atoms with E-state index < -0.39 is 0 Å². The third-order valence-electron chi connectivity index (χ3n) is 3.52. The average Bonchev–Trinajstić information content (AvgIpc) is 2.71. The van der Waals surface area contributed by atoms with Gasteiger partial charge in [-0.2, -0.15) is 0 Å². The van der Waals surface area contributed by atoms with Crippen LogP contribution in [0.5, 0.6) is 5.75 Å². The minimum atomic E-state index is -0.336. The number of ether oxygens (including phenoxy) is 2. The van der Waals surface area contributed by atoms with Crippen LogP contribution >= 0.6 is 0 Å². The van der Waals surface area contributed by atoms with Gasteiger partial charge in [-0.1, -0.05) is 0 Å². The molecule has 0 atom stereocenters. The summed E-state index contributed by atoms with van der Waals surface area (Å²) < 4.78 is 11.0. The van der Waals surface area contributed by atoms with Crippen molar-refractivity contribution in [1.29, 1.82) is 0 Å². The highest BCUT2D eigenvalue weighted by Crippen LogP contribution is 2.39. The highest BCUT2D eigenvalue weighted by Gasteiger charge is 2.25. The van der Waals surface area contributed by atoms with Crippen molar-refractivity contribution in [1.82, 2.24) is 0 Å². The van der Waals surface area contributed by atoms with Crippen LogP contribution in [0.25, 0.3) is 0 Å². The van der Waals surface area contributed by atoms with E-state index >= 15 is 0 Å². The normalized spacial score (nSPS) is 18.5. The highest BCUT2D eigenvalue weighted by molar-refractivity contribution is 5.75. The van der Waals surface area contributed by atoms with Gasteiger partial charge in [-0.15, -0.1) is 0 Å². The van der Waals surface area contributed by atoms with Crippen molar-refractivity contribution < 1.29 is 14.4 Å². The average molecular weight is 279 g/mol. The van der Waals surface area contributed by atoms with E-state index in [1.807, 2.05) is 4.90 Å². The minimum absolute atomic E-state index is 0.114. The summed E-state index contributed by atoms with van der Waals surface area (Å²) in [7, 11) is 0. The van der Waals surface area contributed by atoms with Gasteiger partial charge < -0.3 is 19.7 Å². The first-order valence-corrected chi connectivity index (χ1v) is 6.77. The third kappa shape index (κ3) is 2.49. The number of morpholine rings is 1. The molecule has 0 spiro atoms. The zero-order chi connectivity index (χ0) is 13.9. The maximum absolute atomic E-state index is 11.3. The summed E-state index contributed by atoms with van der Waals surface area (Å²) in [4.78, 5) is 13.0. The summed E-state index contributed by atoms with van der Waals surface area (Å²) >= 11 is 0. The van der Waals surface area contributed by atoms with Crippen LogP contribution in [-0.4, -0.2) is 44.4 Å². The molecule has 0 unspecified atom stereocenters. The zero-order valence-electron chi connectivity index (χ0n) is 11.1. The second-order valence-corrected chi connectivity index (χ2v) is 4.82. The predicted octanol–water partition coefficient (Wildman–Crippen LogP) is 1.63. The summed E-state index contributed by atoms with van der Waals surface area (Å²) in [6.45, 7) is 3.89. The molecule has 3 rings (SSSR count). The molecule has 0 bridgehead atoms. The number of nitro groups is 1. The molecular weight excluding hydrogens is 262 g/mol. The van der Waals surface area contributed by atoms with Gasteiger partial charge in [0.25, 0.3) is 5.69 Å². The standard InChI is InChI=1S/C13H17N3O4/c17-16(18)12-8-10-13(20-5-1-2-14-10)9-11(12)15-3-6-19-7-4-15/h8-9,14H,1-7H2. The largest absolute Gasteiger partial charge is 0.491 e. The van der Waals surface area contributed by atoms with Gasteiger partial charge in [0, 0.05) is 31.8 Å². The SMILES string of the molecule is O=[N+]([O-])c1cc2c(cc1N1CCOCC1)OCCCN2. The molecule has 2 aliphatic rings. The fourth-order valence-electron chi connectivity index (χ4n) is 2.50. The van der Waals surface area contributed by atoms with Crippen molar-refractivity contribution in [2.45, 2.75) is 6.42 Å². The van der Waals surface area contributed by atoms with Crippen LogP contribution in [0.4, 0.5) is 17.1 Å². The molecule has 1 N–H and O–H groups in total. The summed E-state index contributed by atoms with van der Waals surface area (Å²) in [5, 5.41) is 14.5. The smallest absolute Gasteiger partial charge is 0.294 e. The van der Waals surface area contributed by atoms with E-state index in [2.05, 4.69) is 5.32 Å². The molecular formula is C13H17N3O4. The molecule has 1 saturated heterocycles. The Balaban J connectivity index is 2.01. The van der Waals surface area contributed by atoms with E-state index in [1.165, 1.54) is 0 Å². The van der Waals surface area contributed by atoms with Gasteiger partial charge in [0.2, 0.25) is 0 Å². The Morgan fingerprint density at radius 1 is 1.25 bits per heavy atom. The summed E-state index contributed by atoms with van der Waals surface area (Å²) in [5.41, 5.74) is 1.43. The first-order valence-electron chi connectivity index (χ1n) is 6.77. The lowest BCUT2D eigenvalue weighted by atomic mass is 10.2. The monoisotopic (exact) mass is 279 g/mol. The lowest BCUT2D eigenvalue weighted by Crippen LogP contribution is -2.36. The number of rotatable bonds is 2. The van der Waals surface area contributed by atoms with Crippen LogP contribution in [0.15, 0.2) is 12.1 Å². The fraction of sp³-hybridized carbons (Fsp3) is 0.538. The third-order valence-corrected chi connectivity index (χ3v) is 3.52. The van der Waals surface area contributed by atoms with Crippen LogP contribution in [0.1, 0.15) is 6.42 Å². The van der Waals surface area contributed by atoms with Gasteiger partial charge in [-0.25, -0.2) is 0 Å². The van der Waals surface area contributed by atoms with Crippen molar-refractivity contribution in [2.75, 3.05) is 49.7 Å². The number of hydrogen-bond acceptors (Lipinski definition) is 6. The van der Waals surface area contributed by atoms with Crippen LogP contribution in [-0.2, 0) is 4.74 Å². The van der Waals surface area contributed by atoms with E-state index in [0.29, 0.717) is 50.0 Å². The lowest BCUT2D eigenvalue weighted by molar-refractivity contribution is -0.384. The molecule has 0 aromatic heterocycles. The highest BCUT2D eigenvalue weighted by atomic mass is 16.6. The Kier molecular flexibility index (Phi) is 3.60. The van der Waals surface area contributed by atoms with E-state index in [-0.39, 0.29) is 10.6 Å². The summed E-state index contributed by atoms with van der Waals surface area (Å²) in [6.07, 6.45) is 0.884. The Morgan fingerprint density at radius 3 is 2.80 bits per heavy atom. The number of nitro benzene ring substituents is 1. The maximum Gasteiger partial charge on any atom is 0.294 e. The van der Waals surface area contributed by atoms with Gasteiger partial charge >= 0.3 is 0 Å². The molecule has 1 aromatic carbocycles. The second kappa shape index (κ2) is 5.54. The Labute approximate surface area is 116 Å². The van der Waals surface area contributed by atoms with Crippen LogP contribution in [0.2, 0.25) is 0 Å². The van der Waals surface area contributed by atoms with Crippen LogP contribution < -0.4 is 15.0 Å². The molecule has 1 aromatic rings. The van der Waals surface area contributed by atoms with E-state index in [9.17, 15) is 10.1 Å². The molecule has 0 saturated carbocycles. The first-order chi connectivity index (χ1) is 9.75. The Hall–Kier alpha value is -2.02. The minimum Gasteiger partial charge on any atom is -0.491 e.